The Labute approximate surface area is 149 Å². The van der Waals surface area contributed by atoms with E-state index in [0.29, 0.717) is 17.0 Å². The van der Waals surface area contributed by atoms with Crippen LogP contribution < -0.4 is 19.9 Å². The minimum atomic E-state index is -0.498. The molecule has 1 fully saturated rings. The zero-order chi connectivity index (χ0) is 18.7. The molecule has 0 bridgehead atoms. The molecular weight excluding hydrogens is 336 g/mol. The van der Waals surface area contributed by atoms with Crippen molar-refractivity contribution in [3.8, 4) is 11.5 Å². The summed E-state index contributed by atoms with van der Waals surface area (Å²) in [7, 11) is 1.43. The molecule has 7 nitrogen and oxygen atoms in total. The van der Waals surface area contributed by atoms with Gasteiger partial charge in [0.1, 0.15) is 5.57 Å². The lowest BCUT2D eigenvalue weighted by molar-refractivity contribution is -0.132. The van der Waals surface area contributed by atoms with E-state index in [2.05, 4.69) is 5.43 Å². The zero-order valence-corrected chi connectivity index (χ0v) is 14.2. The number of carbonyl (C=O) groups excluding carboxylic acids is 3. The molecule has 26 heavy (non-hydrogen) atoms. The van der Waals surface area contributed by atoms with Gasteiger partial charge >= 0.3 is 5.97 Å². The second-order valence-electron chi connectivity index (χ2n) is 5.48. The molecule has 0 atom stereocenters. The lowest BCUT2D eigenvalue weighted by Gasteiger charge is -2.13. The number of esters is 1. The first-order valence-corrected chi connectivity index (χ1v) is 7.78. The van der Waals surface area contributed by atoms with Gasteiger partial charge in [-0.05, 0) is 35.9 Å². The monoisotopic (exact) mass is 352 g/mol. The van der Waals surface area contributed by atoms with Gasteiger partial charge < -0.3 is 9.47 Å². The van der Waals surface area contributed by atoms with Crippen LogP contribution in [0.3, 0.4) is 0 Å². The van der Waals surface area contributed by atoms with Crippen LogP contribution in [0.15, 0.2) is 54.1 Å². The Morgan fingerprint density at radius 1 is 1.08 bits per heavy atom. The number of rotatable bonds is 4. The number of benzene rings is 2. The van der Waals surface area contributed by atoms with Crippen molar-refractivity contribution in [2.45, 2.75) is 6.92 Å². The highest BCUT2D eigenvalue weighted by atomic mass is 16.6. The van der Waals surface area contributed by atoms with Crippen LogP contribution in [0.1, 0.15) is 12.5 Å². The standard InChI is InChI=1S/C19H16N2O5/c1-12(22)26-16-9-8-13(11-17(16)25-2)10-15-18(23)20-21(19(15)24)14-6-4-3-5-7-14/h3-11H,1-2H3,(H,20,23)/b15-10-. The number of nitrogens with one attached hydrogen (secondary N) is 1. The first-order chi connectivity index (χ1) is 12.5. The van der Waals surface area contributed by atoms with E-state index in [9.17, 15) is 14.4 Å². The van der Waals surface area contributed by atoms with Crippen LogP contribution in [0.2, 0.25) is 0 Å². The van der Waals surface area contributed by atoms with E-state index < -0.39 is 17.8 Å². The number of nitrogens with zero attached hydrogens (tertiary/aromatic N) is 1. The van der Waals surface area contributed by atoms with Gasteiger partial charge in [0, 0.05) is 6.92 Å². The molecule has 1 saturated heterocycles. The molecule has 2 aromatic rings. The third kappa shape index (κ3) is 3.41. The van der Waals surface area contributed by atoms with Crippen molar-refractivity contribution in [2.75, 3.05) is 12.1 Å². The van der Waals surface area contributed by atoms with Crippen LogP contribution in [0.25, 0.3) is 6.08 Å². The van der Waals surface area contributed by atoms with Gasteiger partial charge in [-0.1, -0.05) is 24.3 Å². The maximum absolute atomic E-state index is 12.6. The fraction of sp³-hybridized carbons (Fsp3) is 0.105. The minimum Gasteiger partial charge on any atom is -0.493 e. The van der Waals surface area contributed by atoms with Crippen LogP contribution in [0.4, 0.5) is 5.69 Å². The SMILES string of the molecule is COc1cc(/C=C2/C(=O)NN(c3ccccc3)C2=O)ccc1OC(C)=O. The van der Waals surface area contributed by atoms with Gasteiger partial charge in [0.15, 0.2) is 11.5 Å². The number of ether oxygens (including phenoxy) is 2. The largest absolute Gasteiger partial charge is 0.493 e. The Hall–Kier alpha value is -3.61. The molecule has 0 aromatic heterocycles. The minimum absolute atomic E-state index is 0.00357. The van der Waals surface area contributed by atoms with Crippen molar-refractivity contribution in [1.29, 1.82) is 0 Å². The predicted molar refractivity (Wildman–Crippen MR) is 94.4 cm³/mol. The van der Waals surface area contributed by atoms with E-state index in [1.807, 2.05) is 6.07 Å². The topological polar surface area (TPSA) is 84.9 Å². The fourth-order valence-electron chi connectivity index (χ4n) is 2.50. The second kappa shape index (κ2) is 7.10. The number of hydrazine groups is 1. The Morgan fingerprint density at radius 3 is 2.46 bits per heavy atom. The number of carbonyl (C=O) groups is 3. The molecule has 1 aliphatic rings. The van der Waals surface area contributed by atoms with Crippen LogP contribution >= 0.6 is 0 Å². The molecule has 0 aliphatic carbocycles. The Bertz CT molecular complexity index is 905. The Balaban J connectivity index is 1.91. The van der Waals surface area contributed by atoms with E-state index in [0.717, 1.165) is 0 Å². The molecule has 1 aliphatic heterocycles. The van der Waals surface area contributed by atoms with E-state index >= 15 is 0 Å². The van der Waals surface area contributed by atoms with Crippen molar-refractivity contribution in [1.82, 2.24) is 5.43 Å². The van der Waals surface area contributed by atoms with Crippen LogP contribution in [-0.2, 0) is 14.4 Å². The van der Waals surface area contributed by atoms with Gasteiger partial charge in [-0.3, -0.25) is 19.8 Å². The van der Waals surface area contributed by atoms with Gasteiger partial charge in [-0.15, -0.1) is 0 Å². The first-order valence-electron chi connectivity index (χ1n) is 7.78. The molecule has 0 unspecified atom stereocenters. The summed E-state index contributed by atoms with van der Waals surface area (Å²) >= 11 is 0. The average Bonchev–Trinajstić information content (AvgIpc) is 2.91. The molecule has 3 rings (SSSR count). The molecule has 1 heterocycles. The summed E-state index contributed by atoms with van der Waals surface area (Å²) in [6.45, 7) is 1.29. The number of anilines is 1. The van der Waals surface area contributed by atoms with E-state index in [-0.39, 0.29) is 11.3 Å². The van der Waals surface area contributed by atoms with E-state index in [1.165, 1.54) is 25.1 Å². The summed E-state index contributed by atoms with van der Waals surface area (Å²) in [5.41, 5.74) is 3.66. The van der Waals surface area contributed by atoms with Gasteiger partial charge in [0.25, 0.3) is 11.8 Å². The van der Waals surface area contributed by atoms with E-state index in [4.69, 9.17) is 9.47 Å². The maximum atomic E-state index is 12.6. The second-order valence-corrected chi connectivity index (χ2v) is 5.48. The highest BCUT2D eigenvalue weighted by Gasteiger charge is 2.34. The summed E-state index contributed by atoms with van der Waals surface area (Å²) in [5, 5.41) is 1.19. The van der Waals surface area contributed by atoms with Crippen LogP contribution in [0.5, 0.6) is 11.5 Å². The molecule has 2 aromatic carbocycles. The smallest absolute Gasteiger partial charge is 0.308 e. The van der Waals surface area contributed by atoms with Crippen molar-refractivity contribution in [3.05, 3.63) is 59.7 Å². The molecule has 2 amide bonds. The van der Waals surface area contributed by atoms with Crippen molar-refractivity contribution >= 4 is 29.5 Å². The van der Waals surface area contributed by atoms with Crippen LogP contribution in [-0.4, -0.2) is 24.9 Å². The molecule has 132 valence electrons. The highest BCUT2D eigenvalue weighted by molar-refractivity contribution is 6.31. The fourth-order valence-corrected chi connectivity index (χ4v) is 2.50. The van der Waals surface area contributed by atoms with Crippen LogP contribution in [0, 0.1) is 0 Å². The molecular formula is C19H16N2O5. The summed E-state index contributed by atoms with van der Waals surface area (Å²) in [6, 6.07) is 13.6. The molecule has 0 radical (unpaired) electrons. The van der Waals surface area contributed by atoms with Gasteiger partial charge in [0.2, 0.25) is 0 Å². The summed E-state index contributed by atoms with van der Waals surface area (Å²) in [5.74, 6) is -0.847. The number of methoxy groups -OCH3 is 1. The maximum Gasteiger partial charge on any atom is 0.308 e. The van der Waals surface area contributed by atoms with Gasteiger partial charge in [-0.2, -0.15) is 0 Å². The Kier molecular flexibility index (Phi) is 4.70. The number of amides is 2. The lowest BCUT2D eigenvalue weighted by Crippen LogP contribution is -2.35. The molecule has 1 N–H and O–H groups in total. The van der Waals surface area contributed by atoms with Crippen molar-refractivity contribution < 1.29 is 23.9 Å². The highest BCUT2D eigenvalue weighted by Crippen LogP contribution is 2.30. The third-order valence-corrected chi connectivity index (χ3v) is 3.66. The van der Waals surface area contributed by atoms with Gasteiger partial charge in [0.05, 0.1) is 12.8 Å². The zero-order valence-electron chi connectivity index (χ0n) is 14.2. The normalized spacial score (nSPS) is 15.2. The summed E-state index contributed by atoms with van der Waals surface area (Å²) in [6.07, 6.45) is 1.46. The Morgan fingerprint density at radius 2 is 1.81 bits per heavy atom. The molecule has 0 spiro atoms. The van der Waals surface area contributed by atoms with Crippen molar-refractivity contribution in [3.63, 3.8) is 0 Å². The predicted octanol–water partition coefficient (Wildman–Crippen LogP) is 2.08. The van der Waals surface area contributed by atoms with Crippen molar-refractivity contribution in [2.24, 2.45) is 0 Å². The number of para-hydroxylation sites is 1. The average molecular weight is 352 g/mol. The summed E-state index contributed by atoms with van der Waals surface area (Å²) in [4.78, 5) is 35.9. The number of hydrogen-bond donors (Lipinski definition) is 1. The summed E-state index contributed by atoms with van der Waals surface area (Å²) < 4.78 is 10.2. The number of hydrogen-bond acceptors (Lipinski definition) is 5. The van der Waals surface area contributed by atoms with E-state index in [1.54, 1.807) is 42.5 Å². The van der Waals surface area contributed by atoms with Gasteiger partial charge in [-0.25, -0.2) is 5.01 Å². The molecule has 0 saturated carbocycles. The third-order valence-electron chi connectivity index (χ3n) is 3.66. The molecule has 7 heteroatoms. The quantitative estimate of drug-likeness (QED) is 0.394. The lowest BCUT2D eigenvalue weighted by atomic mass is 10.1. The first kappa shape index (κ1) is 17.2.